The van der Waals surface area contributed by atoms with E-state index in [1.807, 2.05) is 12.3 Å². The molecule has 2 aromatic rings. The third-order valence-corrected chi connectivity index (χ3v) is 3.25. The van der Waals surface area contributed by atoms with Gasteiger partial charge in [0.15, 0.2) is 0 Å². The maximum atomic E-state index is 13.5. The smallest absolute Gasteiger partial charge is 0.131 e. The highest BCUT2D eigenvalue weighted by Crippen LogP contribution is 2.25. The Labute approximate surface area is 95.7 Å². The van der Waals surface area contributed by atoms with Gasteiger partial charge in [-0.15, -0.1) is 11.3 Å². The zero-order valence-electron chi connectivity index (χ0n) is 8.58. The Balaban J connectivity index is 2.37. The van der Waals surface area contributed by atoms with E-state index >= 15 is 0 Å². The largest absolute Gasteiger partial charge is 0.318 e. The first-order chi connectivity index (χ1) is 7.58. The molecule has 84 valence electrons. The van der Waals surface area contributed by atoms with Crippen molar-refractivity contribution in [3.05, 3.63) is 51.5 Å². The fourth-order valence-corrected chi connectivity index (χ4v) is 2.22. The van der Waals surface area contributed by atoms with Gasteiger partial charge in [0.1, 0.15) is 16.6 Å². The second-order valence-corrected chi connectivity index (χ2v) is 4.36. The molecule has 5 heteroatoms. The van der Waals surface area contributed by atoms with E-state index in [-0.39, 0.29) is 5.56 Å². The first-order valence-electron chi connectivity index (χ1n) is 4.70. The number of halogens is 2. The second kappa shape index (κ2) is 4.27. The molecular formula is C11H10F2N2S. The van der Waals surface area contributed by atoms with Crippen molar-refractivity contribution in [2.45, 2.75) is 13.0 Å². The number of aromatic nitrogens is 1. The molecule has 1 aromatic heterocycles. The molecule has 1 heterocycles. The topological polar surface area (TPSA) is 38.9 Å². The molecule has 0 bridgehead atoms. The molecule has 0 aliphatic rings. The van der Waals surface area contributed by atoms with Gasteiger partial charge in [-0.05, 0) is 13.0 Å². The molecule has 0 saturated heterocycles. The third-order valence-electron chi connectivity index (χ3n) is 2.20. The molecule has 2 rings (SSSR count). The van der Waals surface area contributed by atoms with Crippen molar-refractivity contribution >= 4 is 11.3 Å². The van der Waals surface area contributed by atoms with Crippen molar-refractivity contribution in [1.82, 2.24) is 4.98 Å². The Morgan fingerprint density at radius 3 is 2.69 bits per heavy atom. The number of nitrogens with zero attached hydrogens (tertiary/aromatic N) is 1. The molecule has 1 aromatic carbocycles. The normalized spacial score (nSPS) is 12.8. The monoisotopic (exact) mass is 240 g/mol. The standard InChI is InChI=1S/C11H10F2N2S/c1-6-5-16-11(15-6)10(14)8-3-2-7(12)4-9(8)13/h2-5,10H,14H2,1H3. The summed E-state index contributed by atoms with van der Waals surface area (Å²) >= 11 is 1.37. The van der Waals surface area contributed by atoms with Gasteiger partial charge in [0.25, 0.3) is 0 Å². The summed E-state index contributed by atoms with van der Waals surface area (Å²) < 4.78 is 26.2. The Kier molecular flexibility index (Phi) is 2.98. The quantitative estimate of drug-likeness (QED) is 0.876. The lowest BCUT2D eigenvalue weighted by Crippen LogP contribution is -2.13. The summed E-state index contributed by atoms with van der Waals surface area (Å²) in [6.45, 7) is 1.84. The number of thiazole rings is 1. The summed E-state index contributed by atoms with van der Waals surface area (Å²) in [5.41, 5.74) is 6.97. The Hall–Kier alpha value is -1.33. The minimum absolute atomic E-state index is 0.260. The van der Waals surface area contributed by atoms with Crippen LogP contribution in [0.2, 0.25) is 0 Å². The van der Waals surface area contributed by atoms with Crippen LogP contribution in [0.3, 0.4) is 0 Å². The summed E-state index contributed by atoms with van der Waals surface area (Å²) in [5.74, 6) is -1.25. The fraction of sp³-hybridized carbons (Fsp3) is 0.182. The Morgan fingerprint density at radius 1 is 1.38 bits per heavy atom. The minimum Gasteiger partial charge on any atom is -0.318 e. The highest BCUT2D eigenvalue weighted by atomic mass is 32.1. The van der Waals surface area contributed by atoms with Gasteiger partial charge in [0.05, 0.1) is 6.04 Å². The fourth-order valence-electron chi connectivity index (χ4n) is 1.40. The van der Waals surface area contributed by atoms with E-state index in [1.54, 1.807) is 0 Å². The number of nitrogens with two attached hydrogens (primary N) is 1. The lowest BCUT2D eigenvalue weighted by Gasteiger charge is -2.09. The first kappa shape index (κ1) is 11.2. The van der Waals surface area contributed by atoms with E-state index < -0.39 is 17.7 Å². The SMILES string of the molecule is Cc1csc(C(N)c2ccc(F)cc2F)n1. The summed E-state index contributed by atoms with van der Waals surface area (Å²) in [4.78, 5) is 4.18. The summed E-state index contributed by atoms with van der Waals surface area (Å²) in [6.07, 6.45) is 0. The van der Waals surface area contributed by atoms with Crippen molar-refractivity contribution < 1.29 is 8.78 Å². The zero-order valence-corrected chi connectivity index (χ0v) is 9.39. The van der Waals surface area contributed by atoms with E-state index in [4.69, 9.17) is 5.73 Å². The number of aryl methyl sites for hydroxylation is 1. The van der Waals surface area contributed by atoms with E-state index in [2.05, 4.69) is 4.98 Å². The van der Waals surface area contributed by atoms with Crippen molar-refractivity contribution in [3.63, 3.8) is 0 Å². The van der Waals surface area contributed by atoms with Crippen LogP contribution in [0.4, 0.5) is 8.78 Å². The molecular weight excluding hydrogens is 230 g/mol. The maximum absolute atomic E-state index is 13.5. The number of hydrogen-bond donors (Lipinski definition) is 1. The number of hydrogen-bond acceptors (Lipinski definition) is 3. The molecule has 1 atom stereocenters. The Morgan fingerprint density at radius 2 is 2.12 bits per heavy atom. The van der Waals surface area contributed by atoms with Crippen molar-refractivity contribution in [3.8, 4) is 0 Å². The van der Waals surface area contributed by atoms with Crippen LogP contribution >= 0.6 is 11.3 Å². The molecule has 0 saturated carbocycles. The van der Waals surface area contributed by atoms with E-state index in [0.717, 1.165) is 11.8 Å². The summed E-state index contributed by atoms with van der Waals surface area (Å²) in [6, 6.07) is 2.74. The van der Waals surface area contributed by atoms with E-state index in [9.17, 15) is 8.78 Å². The number of rotatable bonds is 2. The van der Waals surface area contributed by atoms with Gasteiger partial charge in [0, 0.05) is 22.7 Å². The van der Waals surface area contributed by atoms with Gasteiger partial charge in [0.2, 0.25) is 0 Å². The predicted molar refractivity (Wildman–Crippen MR) is 59.2 cm³/mol. The average molecular weight is 240 g/mol. The van der Waals surface area contributed by atoms with Crippen LogP contribution < -0.4 is 5.73 Å². The molecule has 0 amide bonds. The Bertz CT molecular complexity index is 510. The van der Waals surface area contributed by atoms with Crippen LogP contribution in [0.25, 0.3) is 0 Å². The van der Waals surface area contributed by atoms with Gasteiger partial charge >= 0.3 is 0 Å². The van der Waals surface area contributed by atoms with Gasteiger partial charge in [-0.3, -0.25) is 0 Å². The highest BCUT2D eigenvalue weighted by Gasteiger charge is 2.16. The van der Waals surface area contributed by atoms with Gasteiger partial charge < -0.3 is 5.73 Å². The van der Waals surface area contributed by atoms with Crippen molar-refractivity contribution in [2.24, 2.45) is 5.73 Å². The van der Waals surface area contributed by atoms with Crippen molar-refractivity contribution in [2.75, 3.05) is 0 Å². The predicted octanol–water partition coefficient (Wildman–Crippen LogP) is 2.78. The molecule has 16 heavy (non-hydrogen) atoms. The van der Waals surface area contributed by atoms with Crippen LogP contribution in [0.15, 0.2) is 23.6 Å². The molecule has 2 N–H and O–H groups in total. The summed E-state index contributed by atoms with van der Waals surface area (Å²) in [7, 11) is 0. The maximum Gasteiger partial charge on any atom is 0.131 e. The molecule has 0 spiro atoms. The minimum atomic E-state index is -0.640. The lowest BCUT2D eigenvalue weighted by atomic mass is 10.1. The molecule has 2 nitrogen and oxygen atoms in total. The second-order valence-electron chi connectivity index (χ2n) is 3.47. The summed E-state index contributed by atoms with van der Waals surface area (Å²) in [5, 5.41) is 2.47. The molecule has 0 radical (unpaired) electrons. The molecule has 0 aliphatic heterocycles. The molecule has 0 aliphatic carbocycles. The van der Waals surface area contributed by atoms with E-state index in [1.165, 1.54) is 23.5 Å². The van der Waals surface area contributed by atoms with Gasteiger partial charge in [-0.1, -0.05) is 6.07 Å². The van der Waals surface area contributed by atoms with Crippen LogP contribution in [-0.4, -0.2) is 4.98 Å². The molecule has 0 fully saturated rings. The van der Waals surface area contributed by atoms with Gasteiger partial charge in [-0.2, -0.15) is 0 Å². The van der Waals surface area contributed by atoms with Crippen LogP contribution in [0.1, 0.15) is 22.3 Å². The lowest BCUT2D eigenvalue weighted by molar-refractivity contribution is 0.565. The zero-order chi connectivity index (χ0) is 11.7. The number of benzene rings is 1. The average Bonchev–Trinajstić information content (AvgIpc) is 2.64. The first-order valence-corrected chi connectivity index (χ1v) is 5.58. The van der Waals surface area contributed by atoms with E-state index in [0.29, 0.717) is 5.01 Å². The van der Waals surface area contributed by atoms with Crippen LogP contribution in [-0.2, 0) is 0 Å². The van der Waals surface area contributed by atoms with Crippen molar-refractivity contribution in [1.29, 1.82) is 0 Å². The van der Waals surface area contributed by atoms with Crippen LogP contribution in [0, 0.1) is 18.6 Å². The third kappa shape index (κ3) is 2.10. The van der Waals surface area contributed by atoms with Crippen LogP contribution in [0.5, 0.6) is 0 Å². The highest BCUT2D eigenvalue weighted by molar-refractivity contribution is 7.09. The van der Waals surface area contributed by atoms with Gasteiger partial charge in [-0.25, -0.2) is 13.8 Å². The molecule has 1 unspecified atom stereocenters.